The molecule has 0 aliphatic carbocycles. The van der Waals surface area contributed by atoms with E-state index in [1.165, 1.54) is 6.07 Å². The number of hydrogen-bond donors (Lipinski definition) is 3. The molecule has 0 fully saturated rings. The first kappa shape index (κ1) is 16.1. The molecule has 2 aromatic carbocycles. The molecule has 6 heteroatoms. The highest BCUT2D eigenvalue weighted by atomic mass is 16.5. The third-order valence-electron chi connectivity index (χ3n) is 4.26. The maximum Gasteiger partial charge on any atom is 0.272 e. The van der Waals surface area contributed by atoms with Crippen LogP contribution in [0.4, 0.5) is 5.69 Å². The number of H-pyrrole nitrogens is 2. The lowest BCUT2D eigenvalue weighted by Gasteiger charge is -2.08. The highest BCUT2D eigenvalue weighted by Gasteiger charge is 2.11. The summed E-state index contributed by atoms with van der Waals surface area (Å²) in [5, 5.41) is 4.72. The molecule has 2 heterocycles. The van der Waals surface area contributed by atoms with Gasteiger partial charge in [-0.05, 0) is 29.8 Å². The third kappa shape index (κ3) is 2.98. The smallest absolute Gasteiger partial charge is 0.272 e. The number of fused-ring (bicyclic) bond motifs is 2. The van der Waals surface area contributed by atoms with Gasteiger partial charge in [0.05, 0.1) is 12.1 Å². The van der Waals surface area contributed by atoms with Crippen molar-refractivity contribution in [2.24, 2.45) is 0 Å². The topological polar surface area (TPSA) is 87.0 Å². The van der Waals surface area contributed by atoms with Crippen LogP contribution < -0.4 is 10.9 Å². The van der Waals surface area contributed by atoms with Crippen LogP contribution in [0.2, 0.25) is 0 Å². The number of pyridine rings is 1. The third-order valence-corrected chi connectivity index (χ3v) is 4.26. The van der Waals surface area contributed by atoms with Gasteiger partial charge in [-0.15, -0.1) is 0 Å². The second-order valence-corrected chi connectivity index (χ2v) is 6.08. The molecule has 0 aliphatic rings. The number of carbonyl (C=O) groups is 1. The standard InChI is InChI=1S/C20H17N3O3/c1-26-11-13-9-19(24)23-17-10-14(6-7-15(13)17)21-20(25)18-8-12-4-2-3-5-16(12)22-18/h2-10,22H,11H2,1H3,(H,21,25)(H,23,24). The molecule has 1 amide bonds. The van der Waals surface area contributed by atoms with Crippen molar-refractivity contribution in [3.63, 3.8) is 0 Å². The predicted molar refractivity (Wildman–Crippen MR) is 102 cm³/mol. The number of aromatic nitrogens is 2. The largest absolute Gasteiger partial charge is 0.380 e. The van der Waals surface area contributed by atoms with Crippen LogP contribution in [-0.2, 0) is 11.3 Å². The minimum absolute atomic E-state index is 0.205. The van der Waals surface area contributed by atoms with Crippen molar-refractivity contribution < 1.29 is 9.53 Å². The molecule has 0 atom stereocenters. The van der Waals surface area contributed by atoms with Crippen molar-refractivity contribution in [2.45, 2.75) is 6.61 Å². The van der Waals surface area contributed by atoms with Crippen LogP contribution in [0, 0.1) is 0 Å². The Kier molecular flexibility index (Phi) is 4.02. The zero-order chi connectivity index (χ0) is 18.1. The van der Waals surface area contributed by atoms with E-state index in [1.54, 1.807) is 19.2 Å². The van der Waals surface area contributed by atoms with E-state index in [9.17, 15) is 9.59 Å². The monoisotopic (exact) mass is 347 g/mol. The Bertz CT molecular complexity index is 1140. The lowest BCUT2D eigenvalue weighted by atomic mass is 10.1. The fraction of sp³-hybridized carbons (Fsp3) is 0.100. The molecular formula is C20H17N3O3. The highest BCUT2D eigenvalue weighted by molar-refractivity contribution is 6.06. The maximum atomic E-state index is 12.5. The fourth-order valence-electron chi connectivity index (χ4n) is 3.08. The summed E-state index contributed by atoms with van der Waals surface area (Å²) in [6.45, 7) is 0.348. The van der Waals surface area contributed by atoms with Gasteiger partial charge in [0.25, 0.3) is 5.91 Å². The number of nitrogens with one attached hydrogen (secondary N) is 3. The number of hydrogen-bond acceptors (Lipinski definition) is 3. The van der Waals surface area contributed by atoms with E-state index in [2.05, 4.69) is 15.3 Å². The quantitative estimate of drug-likeness (QED) is 0.529. The molecule has 0 saturated heterocycles. The van der Waals surface area contributed by atoms with E-state index in [4.69, 9.17) is 4.74 Å². The Labute approximate surface area is 148 Å². The Morgan fingerprint density at radius 3 is 2.69 bits per heavy atom. The number of ether oxygens (including phenoxy) is 1. The first-order valence-corrected chi connectivity index (χ1v) is 8.18. The van der Waals surface area contributed by atoms with Gasteiger partial charge in [-0.25, -0.2) is 0 Å². The van der Waals surface area contributed by atoms with Crippen LogP contribution in [-0.4, -0.2) is 23.0 Å². The molecule has 0 radical (unpaired) electrons. The molecule has 0 bridgehead atoms. The molecule has 3 N–H and O–H groups in total. The number of rotatable bonds is 4. The van der Waals surface area contributed by atoms with E-state index < -0.39 is 0 Å². The van der Waals surface area contributed by atoms with Gasteiger partial charge in [-0.2, -0.15) is 0 Å². The van der Waals surface area contributed by atoms with Crippen molar-refractivity contribution >= 4 is 33.4 Å². The number of amides is 1. The summed E-state index contributed by atoms with van der Waals surface area (Å²) >= 11 is 0. The molecule has 0 aliphatic heterocycles. The number of aromatic amines is 2. The lowest BCUT2D eigenvalue weighted by Crippen LogP contribution is -2.13. The van der Waals surface area contributed by atoms with Gasteiger partial charge >= 0.3 is 0 Å². The van der Waals surface area contributed by atoms with E-state index in [1.807, 2.05) is 36.4 Å². The van der Waals surface area contributed by atoms with Crippen LogP contribution in [0.5, 0.6) is 0 Å². The van der Waals surface area contributed by atoms with Crippen molar-refractivity contribution in [2.75, 3.05) is 12.4 Å². The number of anilines is 1. The molecule has 130 valence electrons. The lowest BCUT2D eigenvalue weighted by molar-refractivity contribution is 0.102. The Hall–Kier alpha value is -3.38. The van der Waals surface area contributed by atoms with Crippen LogP contribution >= 0.6 is 0 Å². The molecule has 0 saturated carbocycles. The molecule has 26 heavy (non-hydrogen) atoms. The van der Waals surface area contributed by atoms with Crippen LogP contribution in [0.3, 0.4) is 0 Å². The van der Waals surface area contributed by atoms with Crippen LogP contribution in [0.25, 0.3) is 21.8 Å². The minimum atomic E-state index is -0.240. The molecule has 4 rings (SSSR count). The normalized spacial score (nSPS) is 11.1. The second-order valence-electron chi connectivity index (χ2n) is 6.08. The van der Waals surface area contributed by atoms with E-state index >= 15 is 0 Å². The maximum absolute atomic E-state index is 12.5. The van der Waals surface area contributed by atoms with Crippen molar-refractivity contribution in [1.82, 2.24) is 9.97 Å². The zero-order valence-electron chi connectivity index (χ0n) is 14.1. The summed E-state index contributed by atoms with van der Waals surface area (Å²) < 4.78 is 5.15. The summed E-state index contributed by atoms with van der Waals surface area (Å²) in [5.41, 5.74) is 3.24. The second kappa shape index (κ2) is 6.50. The van der Waals surface area contributed by atoms with Crippen molar-refractivity contribution in [1.29, 1.82) is 0 Å². The average molecular weight is 347 g/mol. The van der Waals surface area contributed by atoms with E-state index in [0.717, 1.165) is 21.9 Å². The number of carbonyl (C=O) groups excluding carboxylic acids is 1. The van der Waals surface area contributed by atoms with Crippen molar-refractivity contribution in [3.8, 4) is 0 Å². The summed E-state index contributed by atoms with van der Waals surface area (Å²) in [5.74, 6) is -0.240. The Morgan fingerprint density at radius 1 is 1.04 bits per heavy atom. The zero-order valence-corrected chi connectivity index (χ0v) is 14.1. The molecule has 2 aromatic heterocycles. The van der Waals surface area contributed by atoms with Gasteiger partial charge in [0.2, 0.25) is 5.56 Å². The fourth-order valence-corrected chi connectivity index (χ4v) is 3.08. The highest BCUT2D eigenvalue weighted by Crippen LogP contribution is 2.21. The molecule has 0 unspecified atom stereocenters. The van der Waals surface area contributed by atoms with Crippen LogP contribution in [0.1, 0.15) is 16.1 Å². The number of benzene rings is 2. The SMILES string of the molecule is COCc1cc(=O)[nH]c2cc(NC(=O)c3cc4ccccc4[nH]3)ccc12. The summed E-state index contributed by atoms with van der Waals surface area (Å²) in [4.78, 5) is 30.2. The first-order chi connectivity index (χ1) is 12.6. The number of methoxy groups -OCH3 is 1. The van der Waals surface area contributed by atoms with Gasteiger partial charge in [-0.3, -0.25) is 9.59 Å². The number of para-hydroxylation sites is 1. The van der Waals surface area contributed by atoms with E-state index in [-0.39, 0.29) is 11.5 Å². The van der Waals surface area contributed by atoms with Crippen LogP contribution in [0.15, 0.2) is 59.4 Å². The molecule has 4 aromatic rings. The predicted octanol–water partition coefficient (Wildman–Crippen LogP) is 3.41. The van der Waals surface area contributed by atoms with Gasteiger partial charge < -0.3 is 20.0 Å². The Morgan fingerprint density at radius 2 is 1.88 bits per heavy atom. The molecular weight excluding hydrogens is 330 g/mol. The summed E-state index contributed by atoms with van der Waals surface area (Å²) in [6, 6.07) is 16.5. The van der Waals surface area contributed by atoms with Gasteiger partial charge in [0, 0.05) is 35.2 Å². The summed E-state index contributed by atoms with van der Waals surface area (Å²) in [6.07, 6.45) is 0. The average Bonchev–Trinajstić information content (AvgIpc) is 3.06. The minimum Gasteiger partial charge on any atom is -0.380 e. The summed E-state index contributed by atoms with van der Waals surface area (Å²) in [7, 11) is 1.59. The molecule has 0 spiro atoms. The van der Waals surface area contributed by atoms with Gasteiger partial charge in [0.1, 0.15) is 5.69 Å². The van der Waals surface area contributed by atoms with E-state index in [0.29, 0.717) is 23.5 Å². The van der Waals surface area contributed by atoms with Crippen molar-refractivity contribution in [3.05, 3.63) is 76.2 Å². The van der Waals surface area contributed by atoms with Gasteiger partial charge in [0.15, 0.2) is 0 Å². The van der Waals surface area contributed by atoms with Gasteiger partial charge in [-0.1, -0.05) is 24.3 Å². The first-order valence-electron chi connectivity index (χ1n) is 8.18. The Balaban J connectivity index is 1.66. The molecule has 6 nitrogen and oxygen atoms in total.